The van der Waals surface area contributed by atoms with Gasteiger partial charge in [0.05, 0.1) is 6.54 Å². The van der Waals surface area contributed by atoms with E-state index in [0.717, 1.165) is 44.5 Å². The summed E-state index contributed by atoms with van der Waals surface area (Å²) < 4.78 is 18.8. The Labute approximate surface area is 164 Å². The van der Waals surface area contributed by atoms with Crippen molar-refractivity contribution in [1.29, 1.82) is 0 Å². The second-order valence-corrected chi connectivity index (χ2v) is 7.80. The minimum Gasteiger partial charge on any atom is -0.343 e. The van der Waals surface area contributed by atoms with Crippen LogP contribution in [-0.4, -0.2) is 51.5 Å². The fourth-order valence-electron chi connectivity index (χ4n) is 4.27. The van der Waals surface area contributed by atoms with Gasteiger partial charge in [-0.25, -0.2) is 4.39 Å². The Bertz CT molecular complexity index is 809. The Kier molecular flexibility index (Phi) is 6.00. The molecule has 150 valence electrons. The van der Waals surface area contributed by atoms with Crippen LogP contribution in [0, 0.1) is 5.82 Å². The minimum absolute atomic E-state index is 0.256. The van der Waals surface area contributed by atoms with Crippen LogP contribution in [0.4, 0.5) is 4.39 Å². The molecule has 1 aromatic carbocycles. The molecule has 0 aliphatic carbocycles. The van der Waals surface area contributed by atoms with Crippen molar-refractivity contribution in [3.8, 4) is 0 Å². The molecule has 7 heteroatoms. The quantitative estimate of drug-likeness (QED) is 0.731. The van der Waals surface area contributed by atoms with Crippen molar-refractivity contribution in [2.45, 2.75) is 57.5 Å². The molecule has 1 aromatic heterocycles. The summed E-state index contributed by atoms with van der Waals surface area (Å²) in [6, 6.07) is 6.92. The zero-order valence-corrected chi connectivity index (χ0v) is 16.1. The lowest BCUT2D eigenvalue weighted by Gasteiger charge is -2.35. The van der Waals surface area contributed by atoms with E-state index in [1.54, 1.807) is 6.07 Å². The number of carbonyl (C=O) groups excluding carboxylic acids is 1. The molecule has 1 atom stereocenters. The molecular weight excluding hydrogens is 359 g/mol. The van der Waals surface area contributed by atoms with E-state index in [1.165, 1.54) is 25.0 Å². The van der Waals surface area contributed by atoms with Crippen molar-refractivity contribution < 1.29 is 13.7 Å². The van der Waals surface area contributed by atoms with Gasteiger partial charge in [-0.05, 0) is 49.9 Å². The number of rotatable bonds is 7. The number of likely N-dealkylation sites (tertiary alicyclic amines) is 2. The molecule has 0 bridgehead atoms. The SMILES string of the molecule is O=C1CCCN1CCC1CCCCN1Cc1nc(Cc2cccc(F)c2)no1. The first kappa shape index (κ1) is 19.1. The molecule has 6 nitrogen and oxygen atoms in total. The van der Waals surface area contributed by atoms with E-state index in [2.05, 4.69) is 15.0 Å². The highest BCUT2D eigenvalue weighted by Gasteiger charge is 2.27. The molecule has 0 spiro atoms. The number of aromatic nitrogens is 2. The van der Waals surface area contributed by atoms with Gasteiger partial charge in [-0.15, -0.1) is 0 Å². The number of halogens is 1. The van der Waals surface area contributed by atoms with E-state index in [0.29, 0.717) is 43.1 Å². The second kappa shape index (κ2) is 8.82. The molecule has 2 saturated heterocycles. The third kappa shape index (κ3) is 4.76. The van der Waals surface area contributed by atoms with Gasteiger partial charge >= 0.3 is 0 Å². The Hall–Kier alpha value is -2.28. The summed E-state index contributed by atoms with van der Waals surface area (Å²) in [4.78, 5) is 20.8. The van der Waals surface area contributed by atoms with Gasteiger partial charge in [-0.2, -0.15) is 4.98 Å². The van der Waals surface area contributed by atoms with Crippen molar-refractivity contribution >= 4 is 5.91 Å². The van der Waals surface area contributed by atoms with Gasteiger partial charge < -0.3 is 9.42 Å². The molecule has 2 fully saturated rings. The Balaban J connectivity index is 1.34. The second-order valence-electron chi connectivity index (χ2n) is 7.80. The minimum atomic E-state index is -0.256. The maximum absolute atomic E-state index is 13.3. The maximum atomic E-state index is 13.3. The van der Waals surface area contributed by atoms with E-state index in [4.69, 9.17) is 4.52 Å². The topological polar surface area (TPSA) is 62.5 Å². The number of amides is 1. The third-order valence-electron chi connectivity index (χ3n) is 5.75. The summed E-state index contributed by atoms with van der Waals surface area (Å²) in [5.41, 5.74) is 0.832. The van der Waals surface area contributed by atoms with E-state index in [1.807, 2.05) is 11.0 Å². The Morgan fingerprint density at radius 2 is 2.14 bits per heavy atom. The summed E-state index contributed by atoms with van der Waals surface area (Å²) in [7, 11) is 0. The molecule has 1 unspecified atom stereocenters. The van der Waals surface area contributed by atoms with Gasteiger partial charge in [0.15, 0.2) is 5.82 Å². The third-order valence-corrected chi connectivity index (χ3v) is 5.75. The number of piperidine rings is 1. The standard InChI is InChI=1S/C21H27FN4O2/c22-17-6-3-5-16(13-17)14-19-23-20(28-24-19)15-26-10-2-1-7-18(26)9-12-25-11-4-8-21(25)27/h3,5-6,13,18H,1-2,4,7-12,14-15H2. The van der Waals surface area contributed by atoms with E-state index < -0.39 is 0 Å². The first-order valence-corrected chi connectivity index (χ1v) is 10.2. The normalized spacial score (nSPS) is 20.8. The highest BCUT2D eigenvalue weighted by molar-refractivity contribution is 5.78. The van der Waals surface area contributed by atoms with Gasteiger partial charge in [-0.1, -0.05) is 23.7 Å². The molecule has 3 heterocycles. The molecule has 0 radical (unpaired) electrons. The number of carbonyl (C=O) groups is 1. The van der Waals surface area contributed by atoms with E-state index in [9.17, 15) is 9.18 Å². The van der Waals surface area contributed by atoms with Crippen LogP contribution in [0.1, 0.15) is 55.8 Å². The number of benzene rings is 1. The average Bonchev–Trinajstić information content (AvgIpc) is 3.30. The molecule has 28 heavy (non-hydrogen) atoms. The largest absolute Gasteiger partial charge is 0.343 e. The molecule has 1 amide bonds. The average molecular weight is 386 g/mol. The lowest BCUT2D eigenvalue weighted by Crippen LogP contribution is -2.41. The zero-order valence-electron chi connectivity index (χ0n) is 16.1. The number of hydrogen-bond acceptors (Lipinski definition) is 5. The van der Waals surface area contributed by atoms with Crippen LogP contribution >= 0.6 is 0 Å². The summed E-state index contributed by atoms with van der Waals surface area (Å²) in [6.07, 6.45) is 6.69. The predicted molar refractivity (Wildman–Crippen MR) is 102 cm³/mol. The van der Waals surface area contributed by atoms with Crippen LogP contribution in [0.3, 0.4) is 0 Å². The lowest BCUT2D eigenvalue weighted by atomic mass is 9.99. The molecule has 0 N–H and O–H groups in total. The lowest BCUT2D eigenvalue weighted by molar-refractivity contribution is -0.127. The first-order valence-electron chi connectivity index (χ1n) is 10.2. The Morgan fingerprint density at radius 3 is 2.96 bits per heavy atom. The van der Waals surface area contributed by atoms with Gasteiger partial charge in [0, 0.05) is 32.0 Å². The summed E-state index contributed by atoms with van der Waals surface area (Å²) in [5.74, 6) is 1.22. The summed E-state index contributed by atoms with van der Waals surface area (Å²) in [6.45, 7) is 3.39. The van der Waals surface area contributed by atoms with Gasteiger partial charge in [0.1, 0.15) is 5.82 Å². The fourth-order valence-corrected chi connectivity index (χ4v) is 4.27. The molecular formula is C21H27FN4O2. The van der Waals surface area contributed by atoms with E-state index >= 15 is 0 Å². The number of nitrogens with zero attached hydrogens (tertiary/aromatic N) is 4. The van der Waals surface area contributed by atoms with Crippen molar-refractivity contribution in [2.24, 2.45) is 0 Å². The van der Waals surface area contributed by atoms with Crippen molar-refractivity contribution in [2.75, 3.05) is 19.6 Å². The summed E-state index contributed by atoms with van der Waals surface area (Å²) in [5, 5.41) is 4.06. The van der Waals surface area contributed by atoms with Gasteiger partial charge in [0.2, 0.25) is 11.8 Å². The van der Waals surface area contributed by atoms with Crippen LogP contribution in [0.15, 0.2) is 28.8 Å². The zero-order chi connectivity index (χ0) is 19.3. The van der Waals surface area contributed by atoms with Crippen LogP contribution in [0.5, 0.6) is 0 Å². The molecule has 2 aliphatic rings. The smallest absolute Gasteiger partial charge is 0.240 e. The number of hydrogen-bond donors (Lipinski definition) is 0. The maximum Gasteiger partial charge on any atom is 0.240 e. The predicted octanol–water partition coefficient (Wildman–Crippen LogP) is 3.17. The highest BCUT2D eigenvalue weighted by atomic mass is 19.1. The van der Waals surface area contributed by atoms with Crippen molar-refractivity contribution in [3.63, 3.8) is 0 Å². The van der Waals surface area contributed by atoms with Crippen molar-refractivity contribution in [1.82, 2.24) is 19.9 Å². The van der Waals surface area contributed by atoms with Crippen LogP contribution in [0.2, 0.25) is 0 Å². The molecule has 4 rings (SSSR count). The van der Waals surface area contributed by atoms with Crippen molar-refractivity contribution in [3.05, 3.63) is 47.4 Å². The first-order chi connectivity index (χ1) is 13.7. The van der Waals surface area contributed by atoms with Gasteiger partial charge in [0.25, 0.3) is 0 Å². The van der Waals surface area contributed by atoms with Crippen LogP contribution in [0.25, 0.3) is 0 Å². The molecule has 0 saturated carbocycles. The fraction of sp³-hybridized carbons (Fsp3) is 0.571. The van der Waals surface area contributed by atoms with E-state index in [-0.39, 0.29) is 5.82 Å². The van der Waals surface area contributed by atoms with Crippen LogP contribution in [-0.2, 0) is 17.8 Å². The molecule has 2 aromatic rings. The highest BCUT2D eigenvalue weighted by Crippen LogP contribution is 2.23. The monoisotopic (exact) mass is 386 g/mol. The van der Waals surface area contributed by atoms with Gasteiger partial charge in [-0.3, -0.25) is 9.69 Å². The molecule has 2 aliphatic heterocycles. The summed E-state index contributed by atoms with van der Waals surface area (Å²) >= 11 is 0. The Morgan fingerprint density at radius 1 is 1.21 bits per heavy atom. The van der Waals surface area contributed by atoms with Crippen LogP contribution < -0.4 is 0 Å².